The summed E-state index contributed by atoms with van der Waals surface area (Å²) >= 11 is 0. The van der Waals surface area contributed by atoms with Gasteiger partial charge in [0.05, 0.1) is 34.7 Å². The molecule has 2 amide bonds. The third-order valence-corrected chi connectivity index (χ3v) is 6.03. The number of benzene rings is 2. The van der Waals surface area contributed by atoms with Gasteiger partial charge < -0.3 is 0 Å². The number of nitro benzene ring substituents is 1. The van der Waals surface area contributed by atoms with E-state index in [2.05, 4.69) is 5.10 Å². The van der Waals surface area contributed by atoms with E-state index >= 15 is 0 Å². The highest BCUT2D eigenvalue weighted by molar-refractivity contribution is 6.24. The van der Waals surface area contributed by atoms with Gasteiger partial charge in [0.25, 0.3) is 5.69 Å². The predicted molar refractivity (Wildman–Crippen MR) is 106 cm³/mol. The highest BCUT2D eigenvalue weighted by Gasteiger charge is 2.64. The van der Waals surface area contributed by atoms with Gasteiger partial charge in [0, 0.05) is 12.1 Å². The van der Waals surface area contributed by atoms with Crippen LogP contribution in [0, 0.1) is 22.0 Å². The number of hydrazone groups is 1. The van der Waals surface area contributed by atoms with Crippen LogP contribution in [-0.4, -0.2) is 39.8 Å². The van der Waals surface area contributed by atoms with Gasteiger partial charge in [-0.15, -0.1) is 0 Å². The van der Waals surface area contributed by atoms with E-state index in [9.17, 15) is 24.5 Å². The van der Waals surface area contributed by atoms with Crippen molar-refractivity contribution in [1.29, 1.82) is 0 Å². The summed E-state index contributed by atoms with van der Waals surface area (Å²) in [5, 5.41) is 16.9. The lowest BCUT2D eigenvalue weighted by molar-refractivity contribution is -0.384. The molecule has 9 heteroatoms. The third kappa shape index (κ3) is 2.35. The van der Waals surface area contributed by atoms with Crippen molar-refractivity contribution in [3.05, 3.63) is 69.8 Å². The molecule has 150 valence electrons. The standard InChI is InChI=1S/C21H16N4O5/c1-11(26)18-16-17(19-15-5-3-2-4-12(15)10-22-24(18)19)21(28)23(20(16)27)13-6-8-14(9-7-13)25(29)30/h2-10,16-19H,1H3. The SMILES string of the molecule is CC(=O)C1C2C(=O)N(c3ccc([N+](=O)[O-])cc3)C(=O)C2C2c3ccccc3C=NN12. The van der Waals surface area contributed by atoms with Gasteiger partial charge in [-0.05, 0) is 30.2 Å². The Balaban J connectivity index is 1.60. The summed E-state index contributed by atoms with van der Waals surface area (Å²) in [5.74, 6) is -2.78. The number of anilines is 1. The van der Waals surface area contributed by atoms with Crippen molar-refractivity contribution >= 4 is 35.2 Å². The molecule has 2 saturated heterocycles. The molecule has 0 aromatic heterocycles. The zero-order valence-corrected chi connectivity index (χ0v) is 15.8. The van der Waals surface area contributed by atoms with Crippen LogP contribution >= 0.6 is 0 Å². The van der Waals surface area contributed by atoms with Gasteiger partial charge in [0.1, 0.15) is 6.04 Å². The number of carbonyl (C=O) groups excluding carboxylic acids is 3. The van der Waals surface area contributed by atoms with E-state index in [1.165, 1.54) is 31.2 Å². The molecule has 3 aliphatic heterocycles. The summed E-state index contributed by atoms with van der Waals surface area (Å²) in [5.41, 5.74) is 1.81. The molecule has 2 fully saturated rings. The molecule has 0 radical (unpaired) electrons. The molecular formula is C21H16N4O5. The van der Waals surface area contributed by atoms with Crippen LogP contribution in [0.1, 0.15) is 24.1 Å². The van der Waals surface area contributed by atoms with Gasteiger partial charge in [0.15, 0.2) is 5.78 Å². The van der Waals surface area contributed by atoms with Crippen molar-refractivity contribution in [2.24, 2.45) is 16.9 Å². The molecule has 9 nitrogen and oxygen atoms in total. The third-order valence-electron chi connectivity index (χ3n) is 6.03. The summed E-state index contributed by atoms with van der Waals surface area (Å²) in [6.07, 6.45) is 1.64. The van der Waals surface area contributed by atoms with Crippen molar-refractivity contribution < 1.29 is 19.3 Å². The normalized spacial score (nSPS) is 26.4. The number of nitro groups is 1. The first-order valence-corrected chi connectivity index (χ1v) is 9.44. The minimum absolute atomic E-state index is 0.138. The minimum Gasteiger partial charge on any atom is -0.298 e. The van der Waals surface area contributed by atoms with E-state index in [-0.39, 0.29) is 17.2 Å². The van der Waals surface area contributed by atoms with E-state index in [0.29, 0.717) is 0 Å². The Morgan fingerprint density at radius 2 is 1.70 bits per heavy atom. The van der Waals surface area contributed by atoms with E-state index in [1.54, 1.807) is 11.2 Å². The van der Waals surface area contributed by atoms with Crippen LogP contribution < -0.4 is 4.90 Å². The highest BCUT2D eigenvalue weighted by atomic mass is 16.6. The molecular weight excluding hydrogens is 388 g/mol. The number of amides is 2. The molecule has 4 unspecified atom stereocenters. The molecule has 0 aliphatic carbocycles. The number of fused-ring (bicyclic) bond motifs is 5. The summed E-state index contributed by atoms with van der Waals surface area (Å²) in [6, 6.07) is 11.4. The first kappa shape index (κ1) is 18.2. The average Bonchev–Trinajstić information content (AvgIpc) is 3.21. The van der Waals surface area contributed by atoms with Gasteiger partial charge in [-0.1, -0.05) is 24.3 Å². The number of nitrogens with zero attached hydrogens (tertiary/aromatic N) is 4. The molecule has 0 saturated carbocycles. The number of carbonyl (C=O) groups is 3. The van der Waals surface area contributed by atoms with Crippen LogP contribution in [0.5, 0.6) is 0 Å². The van der Waals surface area contributed by atoms with Gasteiger partial charge in [0.2, 0.25) is 11.8 Å². The van der Waals surface area contributed by atoms with E-state index in [0.717, 1.165) is 16.0 Å². The molecule has 3 aliphatic rings. The Hall–Kier alpha value is -3.88. The second-order valence-corrected chi connectivity index (χ2v) is 7.59. The maximum Gasteiger partial charge on any atom is 0.269 e. The minimum atomic E-state index is -0.863. The van der Waals surface area contributed by atoms with Crippen LogP contribution in [0.25, 0.3) is 0 Å². The molecule has 0 N–H and O–H groups in total. The maximum absolute atomic E-state index is 13.4. The smallest absolute Gasteiger partial charge is 0.269 e. The summed E-state index contributed by atoms with van der Waals surface area (Å²) in [4.78, 5) is 50.7. The fourth-order valence-electron chi connectivity index (χ4n) is 4.80. The van der Waals surface area contributed by atoms with Crippen LogP contribution in [0.4, 0.5) is 11.4 Å². The number of imide groups is 1. The summed E-state index contributed by atoms with van der Waals surface area (Å²) in [7, 11) is 0. The molecule has 5 rings (SSSR count). The van der Waals surface area contributed by atoms with Crippen LogP contribution in [0.2, 0.25) is 0 Å². The topological polar surface area (TPSA) is 113 Å². The second kappa shape index (κ2) is 6.31. The van der Waals surface area contributed by atoms with Crippen molar-refractivity contribution in [2.75, 3.05) is 4.90 Å². The first-order chi connectivity index (χ1) is 14.4. The van der Waals surface area contributed by atoms with Crippen molar-refractivity contribution in [3.8, 4) is 0 Å². The van der Waals surface area contributed by atoms with E-state index < -0.39 is 40.7 Å². The summed E-state index contributed by atoms with van der Waals surface area (Å²) < 4.78 is 0. The molecule has 2 aromatic rings. The Kier molecular flexibility index (Phi) is 3.82. The number of non-ortho nitro benzene ring substituents is 1. The molecule has 2 aromatic carbocycles. The highest BCUT2D eigenvalue weighted by Crippen LogP contribution is 2.52. The Labute approximate surface area is 170 Å². The van der Waals surface area contributed by atoms with Crippen LogP contribution in [0.3, 0.4) is 0 Å². The fourth-order valence-corrected chi connectivity index (χ4v) is 4.80. The van der Waals surface area contributed by atoms with E-state index in [1.807, 2.05) is 24.3 Å². The second-order valence-electron chi connectivity index (χ2n) is 7.59. The number of hydrogen-bond donors (Lipinski definition) is 0. The van der Waals surface area contributed by atoms with Gasteiger partial charge in [-0.25, -0.2) is 4.90 Å². The van der Waals surface area contributed by atoms with Crippen molar-refractivity contribution in [3.63, 3.8) is 0 Å². The lowest BCUT2D eigenvalue weighted by Crippen LogP contribution is -2.43. The van der Waals surface area contributed by atoms with Gasteiger partial charge in [-0.3, -0.25) is 29.5 Å². The zero-order valence-electron chi connectivity index (χ0n) is 15.8. The summed E-state index contributed by atoms with van der Waals surface area (Å²) in [6.45, 7) is 1.40. The Bertz CT molecular complexity index is 1140. The average molecular weight is 404 g/mol. The maximum atomic E-state index is 13.4. The van der Waals surface area contributed by atoms with Gasteiger partial charge in [-0.2, -0.15) is 5.10 Å². The van der Waals surface area contributed by atoms with E-state index in [4.69, 9.17) is 0 Å². The Morgan fingerprint density at radius 1 is 1.03 bits per heavy atom. The monoisotopic (exact) mass is 404 g/mol. The van der Waals surface area contributed by atoms with Crippen LogP contribution in [0.15, 0.2) is 53.6 Å². The zero-order chi connectivity index (χ0) is 21.2. The first-order valence-electron chi connectivity index (χ1n) is 9.44. The van der Waals surface area contributed by atoms with Crippen LogP contribution in [-0.2, 0) is 14.4 Å². The Morgan fingerprint density at radius 3 is 2.37 bits per heavy atom. The largest absolute Gasteiger partial charge is 0.298 e. The number of hydrogen-bond acceptors (Lipinski definition) is 7. The number of Topliss-reactive ketones (excluding diaryl/α,β-unsaturated/α-hetero) is 1. The quantitative estimate of drug-likeness (QED) is 0.440. The number of rotatable bonds is 3. The lowest BCUT2D eigenvalue weighted by Gasteiger charge is -2.33. The molecule has 3 heterocycles. The van der Waals surface area contributed by atoms with Gasteiger partial charge >= 0.3 is 0 Å². The fraction of sp³-hybridized carbons (Fsp3) is 0.238. The lowest BCUT2D eigenvalue weighted by atomic mass is 9.84. The molecule has 0 bridgehead atoms. The predicted octanol–water partition coefficient (Wildman–Crippen LogP) is 2.06. The van der Waals surface area contributed by atoms with Crippen molar-refractivity contribution in [1.82, 2.24) is 5.01 Å². The van der Waals surface area contributed by atoms with Crippen molar-refractivity contribution in [2.45, 2.75) is 19.0 Å². The number of ketones is 1. The molecule has 0 spiro atoms. The molecule has 4 atom stereocenters. The molecule has 30 heavy (non-hydrogen) atoms.